The molecule has 0 spiro atoms. The molecule has 12 heteroatoms. The molecular formula is C29H23F2N5O5. The predicted octanol–water partition coefficient (Wildman–Crippen LogP) is 4.71. The van der Waals surface area contributed by atoms with Crippen molar-refractivity contribution in [3.63, 3.8) is 0 Å². The number of halogens is 2. The Bertz CT molecular complexity index is 1640. The lowest BCUT2D eigenvalue weighted by Gasteiger charge is -2.21. The van der Waals surface area contributed by atoms with Crippen LogP contribution in [0.4, 0.5) is 13.6 Å². The van der Waals surface area contributed by atoms with Crippen molar-refractivity contribution in [1.82, 2.24) is 20.1 Å². The standard InChI is InChI=1S/C29H23F2N5O5/c1-29(20-8-10-22(11-9-20)41-27(30)31)26(37)36(28(38)33-29)32-16-19-17-35(21-5-3-2-4-6-21)34-25(19)18-7-12-23-24(15-18)40-14-13-39-23/h2-12,15-17,27H,13-14H2,1H3,(H,33,38)/b32-16-/t29-/m0/s1. The number of para-hydroxylation sites is 1. The Labute approximate surface area is 232 Å². The lowest BCUT2D eigenvalue weighted by atomic mass is 9.92. The van der Waals surface area contributed by atoms with Gasteiger partial charge in [0, 0.05) is 17.3 Å². The average molecular weight is 560 g/mol. The number of alkyl halides is 2. The van der Waals surface area contributed by atoms with E-state index in [1.54, 1.807) is 16.9 Å². The van der Waals surface area contributed by atoms with Crippen LogP contribution in [0.3, 0.4) is 0 Å². The molecule has 1 atom stereocenters. The van der Waals surface area contributed by atoms with Gasteiger partial charge in [-0.1, -0.05) is 30.3 Å². The van der Waals surface area contributed by atoms with Crippen LogP contribution in [0.2, 0.25) is 0 Å². The van der Waals surface area contributed by atoms with Crippen LogP contribution in [0.25, 0.3) is 16.9 Å². The molecule has 0 bridgehead atoms. The Hall–Kier alpha value is -5.26. The van der Waals surface area contributed by atoms with Crippen LogP contribution in [0, 0.1) is 0 Å². The van der Waals surface area contributed by atoms with Gasteiger partial charge >= 0.3 is 12.6 Å². The number of amides is 3. The molecule has 1 fully saturated rings. The van der Waals surface area contributed by atoms with Crippen LogP contribution >= 0.6 is 0 Å². The van der Waals surface area contributed by atoms with Crippen molar-refractivity contribution < 1.29 is 32.6 Å². The maximum absolute atomic E-state index is 13.4. The second kappa shape index (κ2) is 10.4. The van der Waals surface area contributed by atoms with E-state index >= 15 is 0 Å². The third-order valence-corrected chi connectivity index (χ3v) is 6.72. The molecule has 1 aromatic heterocycles. The van der Waals surface area contributed by atoms with E-state index < -0.39 is 24.1 Å². The number of hydrogen-bond donors (Lipinski definition) is 1. The Balaban J connectivity index is 1.32. The quantitative estimate of drug-likeness (QED) is 0.260. The first-order valence-corrected chi connectivity index (χ1v) is 12.6. The average Bonchev–Trinajstić information content (AvgIpc) is 3.50. The Morgan fingerprint density at radius 3 is 2.49 bits per heavy atom. The highest BCUT2D eigenvalue weighted by molar-refractivity contribution is 6.07. The minimum absolute atomic E-state index is 0.0684. The largest absolute Gasteiger partial charge is 0.486 e. The van der Waals surface area contributed by atoms with Crippen molar-refractivity contribution in [2.75, 3.05) is 13.2 Å². The van der Waals surface area contributed by atoms with E-state index in [0.29, 0.717) is 41.5 Å². The van der Waals surface area contributed by atoms with Crippen LogP contribution < -0.4 is 19.5 Å². The van der Waals surface area contributed by atoms with Crippen molar-refractivity contribution in [2.24, 2.45) is 5.10 Å². The predicted molar refractivity (Wildman–Crippen MR) is 143 cm³/mol. The number of urea groups is 1. The summed E-state index contributed by atoms with van der Waals surface area (Å²) in [6.07, 6.45) is 3.13. The second-order valence-electron chi connectivity index (χ2n) is 9.39. The van der Waals surface area contributed by atoms with Crippen molar-refractivity contribution in [3.8, 4) is 34.2 Å². The highest BCUT2D eigenvalue weighted by atomic mass is 19.3. The molecule has 0 saturated carbocycles. The molecule has 3 aromatic carbocycles. The molecule has 0 unspecified atom stereocenters. The number of aromatic nitrogens is 2. The van der Waals surface area contributed by atoms with Crippen LogP contribution in [-0.4, -0.2) is 52.8 Å². The molecule has 3 amide bonds. The maximum atomic E-state index is 13.4. The second-order valence-corrected chi connectivity index (χ2v) is 9.39. The summed E-state index contributed by atoms with van der Waals surface area (Å²) in [4.78, 5) is 26.2. The van der Waals surface area contributed by atoms with Crippen molar-refractivity contribution in [1.29, 1.82) is 0 Å². The summed E-state index contributed by atoms with van der Waals surface area (Å²) in [6, 6.07) is 19.6. The molecule has 1 saturated heterocycles. The van der Waals surface area contributed by atoms with Crippen molar-refractivity contribution >= 4 is 18.2 Å². The van der Waals surface area contributed by atoms with E-state index in [-0.39, 0.29) is 5.75 Å². The zero-order chi connectivity index (χ0) is 28.6. The molecule has 4 aromatic rings. The Morgan fingerprint density at radius 2 is 1.76 bits per heavy atom. The number of carbonyl (C=O) groups is 2. The van der Waals surface area contributed by atoms with Gasteiger partial charge in [0.15, 0.2) is 11.5 Å². The number of imide groups is 1. The first-order chi connectivity index (χ1) is 19.8. The zero-order valence-corrected chi connectivity index (χ0v) is 21.7. The molecular weight excluding hydrogens is 536 g/mol. The van der Waals surface area contributed by atoms with Crippen LogP contribution in [0.1, 0.15) is 18.1 Å². The number of hydrogen-bond acceptors (Lipinski definition) is 7. The van der Waals surface area contributed by atoms with Gasteiger partial charge in [-0.15, -0.1) is 5.01 Å². The van der Waals surface area contributed by atoms with Gasteiger partial charge in [0.1, 0.15) is 30.2 Å². The van der Waals surface area contributed by atoms with Gasteiger partial charge in [0.25, 0.3) is 5.91 Å². The highest BCUT2D eigenvalue weighted by Gasteiger charge is 2.49. The van der Waals surface area contributed by atoms with Gasteiger partial charge in [-0.05, 0) is 55.0 Å². The summed E-state index contributed by atoms with van der Waals surface area (Å²) >= 11 is 0. The van der Waals surface area contributed by atoms with Crippen LogP contribution in [0.5, 0.6) is 17.2 Å². The number of carbonyl (C=O) groups excluding carboxylic acids is 2. The molecule has 3 heterocycles. The Kier molecular flexibility index (Phi) is 6.58. The summed E-state index contributed by atoms with van der Waals surface area (Å²) in [5, 5.41) is 12.3. The van der Waals surface area contributed by atoms with Crippen LogP contribution in [-0.2, 0) is 10.3 Å². The topological polar surface area (TPSA) is 107 Å². The van der Waals surface area contributed by atoms with E-state index in [2.05, 4.69) is 15.2 Å². The van der Waals surface area contributed by atoms with Gasteiger partial charge in [-0.25, -0.2) is 9.48 Å². The molecule has 6 rings (SSSR count). The fraction of sp³-hybridized carbons (Fsp3) is 0.172. The van der Waals surface area contributed by atoms with Gasteiger partial charge < -0.3 is 19.5 Å². The number of hydrazone groups is 1. The minimum atomic E-state index is -2.98. The number of nitrogens with one attached hydrogen (secondary N) is 1. The molecule has 2 aliphatic heterocycles. The molecule has 10 nitrogen and oxygen atoms in total. The molecule has 2 aliphatic rings. The summed E-state index contributed by atoms with van der Waals surface area (Å²) in [7, 11) is 0. The highest BCUT2D eigenvalue weighted by Crippen LogP contribution is 2.35. The van der Waals surface area contributed by atoms with Crippen molar-refractivity contribution in [2.45, 2.75) is 19.1 Å². The van der Waals surface area contributed by atoms with E-state index in [1.165, 1.54) is 37.4 Å². The third kappa shape index (κ3) is 4.95. The fourth-order valence-electron chi connectivity index (χ4n) is 4.62. The number of rotatable bonds is 7. The van der Waals surface area contributed by atoms with Gasteiger partial charge in [-0.3, -0.25) is 4.79 Å². The molecule has 41 heavy (non-hydrogen) atoms. The van der Waals surface area contributed by atoms with Gasteiger partial charge in [-0.2, -0.15) is 19.0 Å². The number of nitrogens with zero attached hydrogens (tertiary/aromatic N) is 4. The van der Waals surface area contributed by atoms with E-state index in [4.69, 9.17) is 14.6 Å². The Morgan fingerprint density at radius 1 is 1.02 bits per heavy atom. The number of benzene rings is 3. The lowest BCUT2D eigenvalue weighted by Crippen LogP contribution is -2.40. The van der Waals surface area contributed by atoms with E-state index in [1.807, 2.05) is 42.5 Å². The van der Waals surface area contributed by atoms with E-state index in [9.17, 15) is 18.4 Å². The monoisotopic (exact) mass is 559 g/mol. The first kappa shape index (κ1) is 26.0. The number of fused-ring (bicyclic) bond motifs is 1. The smallest absolute Gasteiger partial charge is 0.387 e. The zero-order valence-electron chi connectivity index (χ0n) is 21.7. The van der Waals surface area contributed by atoms with Crippen LogP contribution in [0.15, 0.2) is 84.1 Å². The summed E-state index contributed by atoms with van der Waals surface area (Å²) < 4.78 is 42.5. The summed E-state index contributed by atoms with van der Waals surface area (Å²) in [6.45, 7) is -0.575. The lowest BCUT2D eigenvalue weighted by molar-refractivity contribution is -0.131. The molecule has 1 N–H and O–H groups in total. The minimum Gasteiger partial charge on any atom is -0.486 e. The number of ether oxygens (including phenoxy) is 3. The van der Waals surface area contributed by atoms with Gasteiger partial charge in [0.2, 0.25) is 0 Å². The molecule has 0 aliphatic carbocycles. The van der Waals surface area contributed by atoms with Crippen molar-refractivity contribution in [3.05, 3.63) is 90.1 Å². The normalized spacial score (nSPS) is 18.3. The fourth-order valence-corrected chi connectivity index (χ4v) is 4.62. The first-order valence-electron chi connectivity index (χ1n) is 12.6. The SMILES string of the molecule is C[C@@]1(c2ccc(OC(F)F)cc2)NC(=O)N(/N=C\c2cn(-c3ccccc3)nc2-c2ccc3c(c2)OCCO3)C1=O. The molecule has 208 valence electrons. The maximum Gasteiger partial charge on any atom is 0.387 e. The van der Waals surface area contributed by atoms with Gasteiger partial charge in [0.05, 0.1) is 11.9 Å². The summed E-state index contributed by atoms with van der Waals surface area (Å²) in [5.41, 5.74) is 1.51. The molecule has 0 radical (unpaired) electrons. The summed E-state index contributed by atoms with van der Waals surface area (Å²) in [5.74, 6) is 0.504. The van der Waals surface area contributed by atoms with E-state index in [0.717, 1.165) is 16.3 Å². The third-order valence-electron chi connectivity index (χ3n) is 6.72.